The maximum Gasteiger partial charge on any atom is 0.276 e. The quantitative estimate of drug-likeness (QED) is 0.663. The van der Waals surface area contributed by atoms with Crippen molar-refractivity contribution in [3.05, 3.63) is 17.7 Å². The van der Waals surface area contributed by atoms with E-state index in [1.54, 1.807) is 11.8 Å². The summed E-state index contributed by atoms with van der Waals surface area (Å²) in [6.45, 7) is 4.06. The molecule has 0 aliphatic carbocycles. The molecule has 3 heterocycles. The van der Waals surface area contributed by atoms with Gasteiger partial charge < -0.3 is 9.64 Å². The van der Waals surface area contributed by atoms with Gasteiger partial charge in [-0.15, -0.1) is 10.2 Å². The molecule has 0 aromatic carbocycles. The van der Waals surface area contributed by atoms with Crippen molar-refractivity contribution in [3.8, 4) is 0 Å². The molecule has 0 atom stereocenters. The highest BCUT2D eigenvalue weighted by Gasteiger charge is 2.23. The minimum Gasteiger partial charge on any atom is -0.378 e. The van der Waals surface area contributed by atoms with Crippen LogP contribution in [0.3, 0.4) is 0 Å². The molecule has 1 amide bonds. The van der Waals surface area contributed by atoms with Crippen LogP contribution in [0.25, 0.3) is 5.78 Å². The molecule has 0 radical (unpaired) electrons. The van der Waals surface area contributed by atoms with Crippen LogP contribution in [-0.4, -0.2) is 61.9 Å². The molecule has 2 aromatic heterocycles. The predicted octanol–water partition coefficient (Wildman–Crippen LogP) is -0.700. The first-order valence-corrected chi connectivity index (χ1v) is 5.67. The fourth-order valence-corrected chi connectivity index (χ4v) is 1.92. The number of hydrogen-bond acceptors (Lipinski definition) is 6. The Hall–Kier alpha value is -2.09. The van der Waals surface area contributed by atoms with Crippen molar-refractivity contribution in [3.63, 3.8) is 0 Å². The molecule has 94 valence electrons. The molecule has 2 aromatic rings. The summed E-state index contributed by atoms with van der Waals surface area (Å²) < 4.78 is 6.73. The lowest BCUT2D eigenvalue weighted by atomic mass is 10.3. The highest BCUT2D eigenvalue weighted by molar-refractivity contribution is 5.93. The first-order valence-electron chi connectivity index (χ1n) is 5.67. The van der Waals surface area contributed by atoms with Gasteiger partial charge in [-0.3, -0.25) is 4.79 Å². The van der Waals surface area contributed by atoms with E-state index < -0.39 is 0 Å². The van der Waals surface area contributed by atoms with E-state index in [1.807, 2.05) is 0 Å². The van der Waals surface area contributed by atoms with E-state index in [1.165, 1.54) is 10.8 Å². The minimum atomic E-state index is -0.138. The van der Waals surface area contributed by atoms with E-state index in [2.05, 4.69) is 20.3 Å². The van der Waals surface area contributed by atoms with E-state index in [0.29, 0.717) is 43.5 Å². The van der Waals surface area contributed by atoms with Gasteiger partial charge in [0.1, 0.15) is 6.33 Å². The van der Waals surface area contributed by atoms with Crippen LogP contribution in [-0.2, 0) is 4.74 Å². The first kappa shape index (κ1) is 11.0. The molecule has 8 nitrogen and oxygen atoms in total. The van der Waals surface area contributed by atoms with Gasteiger partial charge in [-0.2, -0.15) is 14.6 Å². The highest BCUT2D eigenvalue weighted by Crippen LogP contribution is 2.09. The Morgan fingerprint density at radius 3 is 2.89 bits per heavy atom. The van der Waals surface area contributed by atoms with Crippen LogP contribution in [0, 0.1) is 6.92 Å². The van der Waals surface area contributed by atoms with Gasteiger partial charge in [0.2, 0.25) is 0 Å². The summed E-state index contributed by atoms with van der Waals surface area (Å²) in [5.41, 5.74) is 0.962. The van der Waals surface area contributed by atoms with E-state index in [4.69, 9.17) is 4.74 Å². The lowest BCUT2D eigenvalue weighted by Gasteiger charge is -2.26. The summed E-state index contributed by atoms with van der Waals surface area (Å²) in [5, 5.41) is 11.8. The third kappa shape index (κ3) is 1.70. The van der Waals surface area contributed by atoms with Gasteiger partial charge in [-0.05, 0) is 6.92 Å². The zero-order chi connectivity index (χ0) is 12.5. The second kappa shape index (κ2) is 4.30. The number of carbonyl (C=O) groups is 1. The van der Waals surface area contributed by atoms with E-state index >= 15 is 0 Å². The Bertz CT molecular complexity index is 589. The van der Waals surface area contributed by atoms with Crippen molar-refractivity contribution in [2.75, 3.05) is 26.3 Å². The fourth-order valence-electron chi connectivity index (χ4n) is 1.92. The van der Waals surface area contributed by atoms with Gasteiger partial charge in [0, 0.05) is 13.1 Å². The normalized spacial score (nSPS) is 16.2. The monoisotopic (exact) mass is 248 g/mol. The summed E-state index contributed by atoms with van der Waals surface area (Å²) in [4.78, 5) is 17.9. The molecule has 0 spiro atoms. The third-order valence-electron chi connectivity index (χ3n) is 2.93. The Balaban J connectivity index is 1.97. The zero-order valence-electron chi connectivity index (χ0n) is 9.91. The molecule has 0 bridgehead atoms. The lowest BCUT2D eigenvalue weighted by Crippen LogP contribution is -2.41. The number of hydrogen-bond donors (Lipinski definition) is 0. The Morgan fingerprint density at radius 1 is 1.33 bits per heavy atom. The summed E-state index contributed by atoms with van der Waals surface area (Å²) in [6.07, 6.45) is 1.39. The first-order chi connectivity index (χ1) is 8.77. The van der Waals surface area contributed by atoms with Gasteiger partial charge in [-0.1, -0.05) is 0 Å². The van der Waals surface area contributed by atoms with Gasteiger partial charge in [0.25, 0.3) is 11.7 Å². The van der Waals surface area contributed by atoms with Crippen LogP contribution in [0.4, 0.5) is 0 Å². The number of fused-ring (bicyclic) bond motifs is 1. The van der Waals surface area contributed by atoms with Crippen molar-refractivity contribution >= 4 is 11.7 Å². The second-order valence-electron chi connectivity index (χ2n) is 4.01. The van der Waals surface area contributed by atoms with Crippen LogP contribution in [0.2, 0.25) is 0 Å². The summed E-state index contributed by atoms with van der Waals surface area (Å²) in [7, 11) is 0. The van der Waals surface area contributed by atoms with Crippen molar-refractivity contribution < 1.29 is 9.53 Å². The number of nitrogens with zero attached hydrogens (tertiary/aromatic N) is 6. The molecule has 1 aliphatic rings. The predicted molar refractivity (Wildman–Crippen MR) is 60.0 cm³/mol. The smallest absolute Gasteiger partial charge is 0.276 e. The van der Waals surface area contributed by atoms with Crippen LogP contribution in [0.1, 0.15) is 16.2 Å². The third-order valence-corrected chi connectivity index (χ3v) is 2.93. The lowest BCUT2D eigenvalue weighted by molar-refractivity contribution is 0.0297. The zero-order valence-corrected chi connectivity index (χ0v) is 9.91. The number of aryl methyl sites for hydroxylation is 1. The van der Waals surface area contributed by atoms with Crippen molar-refractivity contribution in [2.45, 2.75) is 6.92 Å². The maximum absolute atomic E-state index is 12.3. The molecule has 0 unspecified atom stereocenters. The molecule has 1 fully saturated rings. The van der Waals surface area contributed by atoms with Crippen LogP contribution in [0.15, 0.2) is 6.33 Å². The standard InChI is InChI=1S/C10H12N6O2/c1-7-8(9(17)15-2-4-18-5-3-15)13-14-10-11-6-12-16(7)10/h6H,2-5H2,1H3. The average molecular weight is 248 g/mol. The van der Waals surface area contributed by atoms with Gasteiger partial charge in [0.05, 0.1) is 18.9 Å². The topological polar surface area (TPSA) is 85.5 Å². The number of aromatic nitrogens is 5. The minimum absolute atomic E-state index is 0.138. The second-order valence-corrected chi connectivity index (χ2v) is 4.01. The molecule has 8 heteroatoms. The summed E-state index contributed by atoms with van der Waals surface area (Å²) in [5.74, 6) is 0.256. The average Bonchev–Trinajstić information content (AvgIpc) is 2.89. The number of amides is 1. The van der Waals surface area contributed by atoms with E-state index in [0.717, 1.165) is 0 Å². The van der Waals surface area contributed by atoms with Crippen molar-refractivity contribution in [1.82, 2.24) is 29.7 Å². The van der Waals surface area contributed by atoms with Gasteiger partial charge >= 0.3 is 0 Å². The SMILES string of the molecule is Cc1c(C(=O)N2CCOCC2)nnc2ncnn12. The Labute approximate surface area is 103 Å². The van der Waals surface area contributed by atoms with Crippen LogP contribution >= 0.6 is 0 Å². The molecular weight excluding hydrogens is 236 g/mol. The maximum atomic E-state index is 12.3. The molecule has 1 saturated heterocycles. The van der Waals surface area contributed by atoms with Crippen molar-refractivity contribution in [1.29, 1.82) is 0 Å². The number of carbonyl (C=O) groups excluding carboxylic acids is 1. The Kier molecular flexibility index (Phi) is 2.63. The molecule has 0 N–H and O–H groups in total. The van der Waals surface area contributed by atoms with E-state index in [9.17, 15) is 4.79 Å². The van der Waals surface area contributed by atoms with Crippen molar-refractivity contribution in [2.24, 2.45) is 0 Å². The van der Waals surface area contributed by atoms with E-state index in [-0.39, 0.29) is 5.91 Å². The van der Waals surface area contributed by atoms with Crippen LogP contribution < -0.4 is 0 Å². The van der Waals surface area contributed by atoms with Gasteiger partial charge in [0.15, 0.2) is 5.69 Å². The fraction of sp³-hybridized carbons (Fsp3) is 0.500. The molecule has 18 heavy (non-hydrogen) atoms. The summed E-state index contributed by atoms with van der Waals surface area (Å²) >= 11 is 0. The molecular formula is C10H12N6O2. The van der Waals surface area contributed by atoms with Crippen LogP contribution in [0.5, 0.6) is 0 Å². The largest absolute Gasteiger partial charge is 0.378 e. The molecule has 3 rings (SSSR count). The number of morpholine rings is 1. The summed E-state index contributed by atoms with van der Waals surface area (Å²) in [6, 6.07) is 0. The molecule has 0 saturated carbocycles. The number of ether oxygens (including phenoxy) is 1. The Morgan fingerprint density at radius 2 is 2.11 bits per heavy atom. The highest BCUT2D eigenvalue weighted by atomic mass is 16.5. The van der Waals surface area contributed by atoms with Gasteiger partial charge in [-0.25, -0.2) is 0 Å². The molecule has 1 aliphatic heterocycles. The number of rotatable bonds is 1.